The summed E-state index contributed by atoms with van der Waals surface area (Å²) in [6, 6.07) is 0. The Morgan fingerprint density at radius 3 is 2.52 bits per heavy atom. The minimum absolute atomic E-state index is 0.142. The molecule has 0 aliphatic carbocycles. The van der Waals surface area contributed by atoms with Gasteiger partial charge in [-0.2, -0.15) is 13.2 Å². The van der Waals surface area contributed by atoms with Crippen LogP contribution in [0.15, 0.2) is 11.7 Å². The van der Waals surface area contributed by atoms with Crippen molar-refractivity contribution < 1.29 is 27.9 Å². The first kappa shape index (κ1) is 23.6. The molecule has 2 aliphatic heterocycles. The van der Waals surface area contributed by atoms with Crippen LogP contribution < -0.4 is 0 Å². The summed E-state index contributed by atoms with van der Waals surface area (Å²) in [6.45, 7) is 8.66. The van der Waals surface area contributed by atoms with E-state index in [9.17, 15) is 18.0 Å². The summed E-state index contributed by atoms with van der Waals surface area (Å²) < 4.78 is 31.7. The van der Waals surface area contributed by atoms with Crippen molar-refractivity contribution in [1.29, 1.82) is 0 Å². The van der Waals surface area contributed by atoms with Gasteiger partial charge in [0, 0.05) is 35.6 Å². The highest BCUT2D eigenvalue weighted by Crippen LogP contribution is 2.41. The lowest BCUT2D eigenvalue weighted by Crippen LogP contribution is -2.66. The molecule has 1 atom stereocenters. The standard InChI is InChI=1S/C17H22N4OS2.C2HF3O2/c1-12-15(24-13(2)19-12)8-20-5-3-4-17(9-20)10-21(16(17)22)7-14-6-18-11-23-14;3-2(4,5)1(6)7/h6,11H,3-5,7-10H2,1-2H3;(H,6,7). The third-order valence-corrected chi connectivity index (χ3v) is 7.15. The summed E-state index contributed by atoms with van der Waals surface area (Å²) >= 11 is 3.41. The minimum atomic E-state index is -5.08. The van der Waals surface area contributed by atoms with E-state index in [1.807, 2.05) is 16.6 Å². The molecule has 2 saturated heterocycles. The Bertz CT molecular complexity index is 932. The molecule has 0 radical (unpaired) electrons. The van der Waals surface area contributed by atoms with E-state index in [0.717, 1.165) is 56.3 Å². The number of β-lactam (4-membered cyclic amide) rings is 1. The van der Waals surface area contributed by atoms with Crippen LogP contribution in [0.5, 0.6) is 0 Å². The number of aliphatic carboxylic acids is 1. The second-order valence-electron chi connectivity index (χ2n) is 7.77. The molecule has 1 unspecified atom stereocenters. The van der Waals surface area contributed by atoms with Gasteiger partial charge in [-0.1, -0.05) is 0 Å². The SMILES string of the molecule is Cc1nc(C)c(CN2CCCC3(C2)CN(Cc2cncs2)C3=O)s1.O=C(O)C(F)(F)F. The van der Waals surface area contributed by atoms with Crippen LogP contribution in [-0.4, -0.2) is 62.6 Å². The summed E-state index contributed by atoms with van der Waals surface area (Å²) in [7, 11) is 0. The number of halogens is 3. The molecule has 4 heterocycles. The fourth-order valence-corrected chi connectivity index (χ4v) is 5.56. The molecule has 170 valence electrons. The number of carboxylic acid groups (broad SMARTS) is 1. The van der Waals surface area contributed by atoms with Gasteiger partial charge in [-0.05, 0) is 33.2 Å². The normalized spacial score (nSPS) is 21.6. The monoisotopic (exact) mass is 476 g/mol. The van der Waals surface area contributed by atoms with E-state index in [-0.39, 0.29) is 5.41 Å². The molecule has 2 aliphatic rings. The van der Waals surface area contributed by atoms with Crippen LogP contribution in [0, 0.1) is 19.3 Å². The number of thiazole rings is 2. The van der Waals surface area contributed by atoms with E-state index < -0.39 is 12.1 Å². The lowest BCUT2D eigenvalue weighted by Gasteiger charge is -2.53. The number of rotatable bonds is 4. The number of piperidine rings is 1. The predicted molar refractivity (Wildman–Crippen MR) is 110 cm³/mol. The zero-order chi connectivity index (χ0) is 22.8. The van der Waals surface area contributed by atoms with Gasteiger partial charge in [0.15, 0.2) is 0 Å². The van der Waals surface area contributed by atoms with Crippen molar-refractivity contribution in [1.82, 2.24) is 19.8 Å². The molecular formula is C19H23F3N4O3S2. The summed E-state index contributed by atoms with van der Waals surface area (Å²) in [5.41, 5.74) is 2.83. The molecule has 1 amide bonds. The van der Waals surface area contributed by atoms with Crippen molar-refractivity contribution in [2.75, 3.05) is 19.6 Å². The van der Waals surface area contributed by atoms with Crippen molar-refractivity contribution in [3.05, 3.63) is 32.2 Å². The van der Waals surface area contributed by atoms with Crippen molar-refractivity contribution in [3.8, 4) is 0 Å². The van der Waals surface area contributed by atoms with Crippen LogP contribution in [0.25, 0.3) is 0 Å². The number of nitrogens with zero attached hydrogens (tertiary/aromatic N) is 4. The summed E-state index contributed by atoms with van der Waals surface area (Å²) in [6.07, 6.45) is -1.08. The van der Waals surface area contributed by atoms with E-state index in [4.69, 9.17) is 9.90 Å². The number of hydrogen-bond donors (Lipinski definition) is 1. The molecule has 12 heteroatoms. The van der Waals surface area contributed by atoms with E-state index in [2.05, 4.69) is 28.7 Å². The van der Waals surface area contributed by atoms with Crippen LogP contribution in [0.4, 0.5) is 13.2 Å². The maximum absolute atomic E-state index is 12.8. The fourth-order valence-electron chi connectivity index (χ4n) is 3.97. The highest BCUT2D eigenvalue weighted by Gasteiger charge is 2.53. The van der Waals surface area contributed by atoms with Crippen molar-refractivity contribution in [2.45, 2.75) is 46.0 Å². The Hall–Kier alpha value is -2.05. The zero-order valence-electron chi connectivity index (χ0n) is 17.1. The fraction of sp³-hybridized carbons (Fsp3) is 0.579. The first-order chi connectivity index (χ1) is 14.5. The van der Waals surface area contributed by atoms with E-state index in [1.54, 1.807) is 22.7 Å². The average Bonchev–Trinajstić information content (AvgIpc) is 3.30. The quantitative estimate of drug-likeness (QED) is 0.680. The van der Waals surface area contributed by atoms with Crippen molar-refractivity contribution >= 4 is 34.6 Å². The molecule has 4 rings (SSSR count). The number of carbonyl (C=O) groups excluding carboxylic acids is 1. The number of alkyl halides is 3. The topological polar surface area (TPSA) is 86.6 Å². The molecule has 2 fully saturated rings. The highest BCUT2D eigenvalue weighted by atomic mass is 32.1. The molecule has 31 heavy (non-hydrogen) atoms. The Balaban J connectivity index is 0.000000339. The Morgan fingerprint density at radius 2 is 2.00 bits per heavy atom. The minimum Gasteiger partial charge on any atom is -0.475 e. The van der Waals surface area contributed by atoms with Gasteiger partial charge in [-0.3, -0.25) is 14.7 Å². The van der Waals surface area contributed by atoms with Gasteiger partial charge in [0.2, 0.25) is 5.91 Å². The Labute approximate surface area is 185 Å². The molecule has 2 aromatic rings. The molecule has 1 spiro atoms. The number of carbonyl (C=O) groups is 2. The average molecular weight is 477 g/mol. The second-order valence-corrected chi connectivity index (χ2v) is 10.0. The van der Waals surface area contributed by atoms with Gasteiger partial charge in [0.25, 0.3) is 0 Å². The predicted octanol–water partition coefficient (Wildman–Crippen LogP) is 3.47. The van der Waals surface area contributed by atoms with Crippen LogP contribution in [0.3, 0.4) is 0 Å². The van der Waals surface area contributed by atoms with Crippen molar-refractivity contribution in [3.63, 3.8) is 0 Å². The number of carboxylic acids is 1. The van der Waals surface area contributed by atoms with Gasteiger partial charge >= 0.3 is 12.1 Å². The smallest absolute Gasteiger partial charge is 0.475 e. The van der Waals surface area contributed by atoms with Gasteiger partial charge < -0.3 is 10.0 Å². The lowest BCUT2D eigenvalue weighted by molar-refractivity contribution is -0.192. The molecule has 1 N–H and O–H groups in total. The van der Waals surface area contributed by atoms with Gasteiger partial charge in [0.05, 0.1) is 28.2 Å². The first-order valence-corrected chi connectivity index (χ1v) is 11.3. The number of aromatic nitrogens is 2. The number of amides is 1. The highest BCUT2D eigenvalue weighted by molar-refractivity contribution is 7.11. The van der Waals surface area contributed by atoms with Gasteiger partial charge in [-0.25, -0.2) is 9.78 Å². The molecular weight excluding hydrogens is 453 g/mol. The van der Waals surface area contributed by atoms with Gasteiger partial charge in [-0.15, -0.1) is 22.7 Å². The third-order valence-electron chi connectivity index (χ3n) is 5.33. The van der Waals surface area contributed by atoms with Crippen LogP contribution >= 0.6 is 22.7 Å². The van der Waals surface area contributed by atoms with Crippen LogP contribution in [0.2, 0.25) is 0 Å². The summed E-state index contributed by atoms with van der Waals surface area (Å²) in [5, 5.41) is 8.25. The maximum atomic E-state index is 12.8. The third kappa shape index (κ3) is 5.60. The Kier molecular flexibility index (Phi) is 7.01. The van der Waals surface area contributed by atoms with E-state index in [1.165, 1.54) is 9.75 Å². The molecule has 2 aromatic heterocycles. The zero-order valence-corrected chi connectivity index (χ0v) is 18.7. The largest absolute Gasteiger partial charge is 0.490 e. The molecule has 7 nitrogen and oxygen atoms in total. The maximum Gasteiger partial charge on any atom is 0.490 e. The molecule has 0 aromatic carbocycles. The number of aryl methyl sites for hydroxylation is 2. The van der Waals surface area contributed by atoms with Crippen LogP contribution in [-0.2, 0) is 22.7 Å². The van der Waals surface area contributed by atoms with E-state index >= 15 is 0 Å². The van der Waals surface area contributed by atoms with E-state index in [0.29, 0.717) is 5.91 Å². The number of hydrogen-bond acceptors (Lipinski definition) is 7. The molecule has 0 bridgehead atoms. The second kappa shape index (κ2) is 9.21. The van der Waals surface area contributed by atoms with Crippen LogP contribution in [0.1, 0.15) is 33.3 Å². The van der Waals surface area contributed by atoms with Gasteiger partial charge in [0.1, 0.15) is 0 Å². The summed E-state index contributed by atoms with van der Waals surface area (Å²) in [4.78, 5) is 37.3. The lowest BCUT2D eigenvalue weighted by atomic mass is 9.72. The Morgan fingerprint density at radius 1 is 1.29 bits per heavy atom. The number of likely N-dealkylation sites (tertiary alicyclic amines) is 2. The first-order valence-electron chi connectivity index (χ1n) is 9.62. The van der Waals surface area contributed by atoms with Crippen molar-refractivity contribution in [2.24, 2.45) is 5.41 Å². The summed E-state index contributed by atoms with van der Waals surface area (Å²) in [5.74, 6) is -2.43. The molecule has 0 saturated carbocycles.